The van der Waals surface area contributed by atoms with Crippen LogP contribution < -0.4 is 5.32 Å². The van der Waals surface area contributed by atoms with E-state index >= 15 is 0 Å². The van der Waals surface area contributed by atoms with Crippen molar-refractivity contribution >= 4 is 21.6 Å². The Bertz CT molecular complexity index is 644. The van der Waals surface area contributed by atoms with Crippen LogP contribution in [0, 0.1) is 5.82 Å². The number of phenolic OH excluding ortho intramolecular Hbond substituents is 1. The fourth-order valence-electron chi connectivity index (χ4n) is 2.73. The lowest BCUT2D eigenvalue weighted by atomic mass is 9.87. The number of aromatic hydroxyl groups is 1. The molecule has 0 saturated carbocycles. The average molecular weight is 336 g/mol. The van der Waals surface area contributed by atoms with E-state index in [1.807, 2.05) is 12.1 Å². The second-order valence-electron chi connectivity index (χ2n) is 5.10. The zero-order chi connectivity index (χ0) is 14.1. The van der Waals surface area contributed by atoms with Crippen LogP contribution in [0.25, 0.3) is 0 Å². The minimum Gasteiger partial charge on any atom is -0.508 e. The summed E-state index contributed by atoms with van der Waals surface area (Å²) in [5.74, 6) is -0.0135. The Hall–Kier alpha value is -1.55. The number of benzene rings is 2. The van der Waals surface area contributed by atoms with E-state index in [0.29, 0.717) is 5.69 Å². The number of halogens is 2. The van der Waals surface area contributed by atoms with Crippen LogP contribution in [0.15, 0.2) is 40.9 Å². The van der Waals surface area contributed by atoms with Gasteiger partial charge in [0.15, 0.2) is 0 Å². The van der Waals surface area contributed by atoms with Crippen LogP contribution in [0.1, 0.15) is 30.0 Å². The highest BCUT2D eigenvalue weighted by atomic mass is 79.9. The van der Waals surface area contributed by atoms with Crippen LogP contribution in [0.3, 0.4) is 0 Å². The second kappa shape index (κ2) is 5.44. The van der Waals surface area contributed by atoms with Crippen LogP contribution >= 0.6 is 15.9 Å². The molecule has 4 heteroatoms. The molecule has 1 aliphatic rings. The van der Waals surface area contributed by atoms with E-state index in [2.05, 4.69) is 21.2 Å². The Balaban J connectivity index is 1.91. The van der Waals surface area contributed by atoms with Crippen molar-refractivity contribution in [3.05, 3.63) is 57.8 Å². The van der Waals surface area contributed by atoms with Crippen LogP contribution in [0.5, 0.6) is 5.75 Å². The van der Waals surface area contributed by atoms with E-state index in [9.17, 15) is 9.50 Å². The maximum absolute atomic E-state index is 13.9. The van der Waals surface area contributed by atoms with Gasteiger partial charge in [-0.25, -0.2) is 4.39 Å². The number of fused-ring (bicyclic) bond motifs is 1. The molecule has 0 aromatic heterocycles. The molecule has 0 saturated heterocycles. The van der Waals surface area contributed by atoms with Gasteiger partial charge in [0.1, 0.15) is 11.6 Å². The number of anilines is 1. The van der Waals surface area contributed by atoms with E-state index in [4.69, 9.17) is 0 Å². The van der Waals surface area contributed by atoms with Crippen LogP contribution in [-0.4, -0.2) is 5.11 Å². The van der Waals surface area contributed by atoms with Gasteiger partial charge in [-0.05, 0) is 60.7 Å². The van der Waals surface area contributed by atoms with Crippen molar-refractivity contribution in [1.82, 2.24) is 0 Å². The maximum Gasteiger partial charge on any atom is 0.147 e. The van der Waals surface area contributed by atoms with Gasteiger partial charge in [0, 0.05) is 4.47 Å². The summed E-state index contributed by atoms with van der Waals surface area (Å²) in [7, 11) is 0. The molecule has 0 amide bonds. The predicted octanol–water partition coefficient (Wildman–Crippen LogP) is 4.78. The molecule has 0 heterocycles. The molecular formula is C16H15BrFNO. The van der Waals surface area contributed by atoms with Crippen molar-refractivity contribution in [1.29, 1.82) is 0 Å². The predicted molar refractivity (Wildman–Crippen MR) is 81.5 cm³/mol. The van der Waals surface area contributed by atoms with E-state index in [1.165, 1.54) is 11.6 Å². The minimum absolute atomic E-state index is 0.0431. The van der Waals surface area contributed by atoms with Crippen molar-refractivity contribution in [2.45, 2.75) is 25.3 Å². The lowest BCUT2D eigenvalue weighted by Crippen LogP contribution is -2.17. The fraction of sp³-hybridized carbons (Fsp3) is 0.250. The van der Waals surface area contributed by atoms with Gasteiger partial charge in [0.2, 0.25) is 0 Å². The lowest BCUT2D eigenvalue weighted by Gasteiger charge is -2.27. The van der Waals surface area contributed by atoms with Crippen LogP contribution in [0.2, 0.25) is 0 Å². The van der Waals surface area contributed by atoms with Gasteiger partial charge >= 0.3 is 0 Å². The Morgan fingerprint density at radius 1 is 1.20 bits per heavy atom. The van der Waals surface area contributed by atoms with E-state index in [0.717, 1.165) is 29.3 Å². The molecular weight excluding hydrogens is 321 g/mol. The first kappa shape index (κ1) is 13.4. The first-order chi connectivity index (χ1) is 9.63. The van der Waals surface area contributed by atoms with Crippen molar-refractivity contribution in [3.63, 3.8) is 0 Å². The van der Waals surface area contributed by atoms with Gasteiger partial charge in [0.25, 0.3) is 0 Å². The molecule has 1 unspecified atom stereocenters. The molecule has 2 nitrogen and oxygen atoms in total. The number of hydrogen-bond donors (Lipinski definition) is 2. The largest absolute Gasteiger partial charge is 0.508 e. The van der Waals surface area contributed by atoms with Crippen molar-refractivity contribution in [3.8, 4) is 5.75 Å². The molecule has 0 fully saturated rings. The van der Waals surface area contributed by atoms with Gasteiger partial charge in [-0.3, -0.25) is 0 Å². The number of hydrogen-bond acceptors (Lipinski definition) is 2. The smallest absolute Gasteiger partial charge is 0.147 e. The molecule has 1 aliphatic carbocycles. The quantitative estimate of drug-likeness (QED) is 0.827. The summed E-state index contributed by atoms with van der Waals surface area (Å²) in [5, 5.41) is 12.9. The number of rotatable bonds is 2. The van der Waals surface area contributed by atoms with E-state index in [-0.39, 0.29) is 17.6 Å². The van der Waals surface area contributed by atoms with Gasteiger partial charge in [-0.2, -0.15) is 0 Å². The summed E-state index contributed by atoms with van der Waals surface area (Å²) in [5.41, 5.74) is 2.79. The first-order valence-electron chi connectivity index (χ1n) is 6.67. The third-order valence-electron chi connectivity index (χ3n) is 3.70. The Morgan fingerprint density at radius 2 is 2.05 bits per heavy atom. The summed E-state index contributed by atoms with van der Waals surface area (Å²) in [6.07, 6.45) is 3.01. The molecule has 104 valence electrons. The summed E-state index contributed by atoms with van der Waals surface area (Å²) in [6, 6.07) is 10.5. The highest BCUT2D eigenvalue weighted by Crippen LogP contribution is 2.35. The maximum atomic E-state index is 13.9. The van der Waals surface area contributed by atoms with Crippen molar-refractivity contribution in [2.24, 2.45) is 0 Å². The zero-order valence-corrected chi connectivity index (χ0v) is 12.5. The van der Waals surface area contributed by atoms with E-state index < -0.39 is 0 Å². The third-order valence-corrected chi connectivity index (χ3v) is 4.20. The highest BCUT2D eigenvalue weighted by molar-refractivity contribution is 9.10. The van der Waals surface area contributed by atoms with E-state index in [1.54, 1.807) is 18.2 Å². The number of phenols is 1. The first-order valence-corrected chi connectivity index (χ1v) is 7.46. The lowest BCUT2D eigenvalue weighted by molar-refractivity contribution is 0.471. The molecule has 0 bridgehead atoms. The molecule has 1 atom stereocenters. The molecule has 2 aromatic rings. The standard InChI is InChI=1S/C16H15BrFNO/c17-11-5-7-16(14(18)8-11)19-15-3-1-2-10-4-6-12(20)9-13(10)15/h4-9,15,19-20H,1-3H2. The SMILES string of the molecule is Oc1ccc2c(c1)C(Nc1ccc(Br)cc1F)CCC2. The summed E-state index contributed by atoms with van der Waals surface area (Å²) in [6.45, 7) is 0. The monoisotopic (exact) mass is 335 g/mol. The van der Waals surface area contributed by atoms with Gasteiger partial charge in [-0.15, -0.1) is 0 Å². The van der Waals surface area contributed by atoms with Crippen molar-refractivity contribution < 1.29 is 9.50 Å². The van der Waals surface area contributed by atoms with Gasteiger partial charge in [0.05, 0.1) is 11.7 Å². The Morgan fingerprint density at radius 3 is 2.85 bits per heavy atom. The summed E-state index contributed by atoms with van der Waals surface area (Å²) in [4.78, 5) is 0. The molecule has 3 rings (SSSR count). The molecule has 0 spiro atoms. The molecule has 20 heavy (non-hydrogen) atoms. The molecule has 2 N–H and O–H groups in total. The zero-order valence-electron chi connectivity index (χ0n) is 10.9. The van der Waals surface area contributed by atoms with Crippen LogP contribution in [-0.2, 0) is 6.42 Å². The third kappa shape index (κ3) is 2.66. The van der Waals surface area contributed by atoms with Gasteiger partial charge in [-0.1, -0.05) is 22.0 Å². The summed E-state index contributed by atoms with van der Waals surface area (Å²) < 4.78 is 14.6. The number of aryl methyl sites for hydroxylation is 1. The summed E-state index contributed by atoms with van der Waals surface area (Å²) >= 11 is 3.26. The van der Waals surface area contributed by atoms with Gasteiger partial charge < -0.3 is 10.4 Å². The topological polar surface area (TPSA) is 32.3 Å². The molecule has 0 aliphatic heterocycles. The highest BCUT2D eigenvalue weighted by Gasteiger charge is 2.21. The Labute approximate surface area is 125 Å². The van der Waals surface area contributed by atoms with Crippen molar-refractivity contribution in [2.75, 3.05) is 5.32 Å². The van der Waals surface area contributed by atoms with Crippen LogP contribution in [0.4, 0.5) is 10.1 Å². The normalized spacial score (nSPS) is 17.6. The molecule has 0 radical (unpaired) electrons. The number of nitrogens with one attached hydrogen (secondary N) is 1. The minimum atomic E-state index is -0.272. The Kier molecular flexibility index (Phi) is 3.66. The second-order valence-corrected chi connectivity index (χ2v) is 6.01. The molecule has 2 aromatic carbocycles. The average Bonchev–Trinajstić information content (AvgIpc) is 2.42. The fourth-order valence-corrected chi connectivity index (χ4v) is 3.06.